The van der Waals surface area contributed by atoms with Gasteiger partial charge in [-0.3, -0.25) is 0 Å². The number of ether oxygens (including phenoxy) is 1. The smallest absolute Gasteiger partial charge is 0.416 e. The highest BCUT2D eigenvalue weighted by Gasteiger charge is 2.46. The highest BCUT2D eigenvalue weighted by molar-refractivity contribution is 5.68. The SMILES string of the molecule is CC(C)(C)OC(=O)N1CCC2(CCCC2c2ccc(C(F)(F)F)cc2)CC1. The Morgan fingerprint density at radius 2 is 1.67 bits per heavy atom. The highest BCUT2D eigenvalue weighted by Crippen LogP contribution is 2.55. The summed E-state index contributed by atoms with van der Waals surface area (Å²) in [5, 5.41) is 0. The van der Waals surface area contributed by atoms with Gasteiger partial charge < -0.3 is 9.64 Å². The maximum atomic E-state index is 12.8. The van der Waals surface area contributed by atoms with E-state index in [2.05, 4.69) is 0 Å². The van der Waals surface area contributed by atoms with E-state index in [1.165, 1.54) is 12.1 Å². The quantitative estimate of drug-likeness (QED) is 0.596. The zero-order valence-corrected chi connectivity index (χ0v) is 16.2. The molecule has 0 N–H and O–H groups in total. The lowest BCUT2D eigenvalue weighted by atomic mass is 9.68. The second kappa shape index (κ2) is 7.02. The molecule has 1 heterocycles. The molecule has 1 aliphatic heterocycles. The number of carbonyl (C=O) groups is 1. The molecule has 0 bridgehead atoms. The van der Waals surface area contributed by atoms with Gasteiger partial charge >= 0.3 is 12.3 Å². The summed E-state index contributed by atoms with van der Waals surface area (Å²) in [4.78, 5) is 14.1. The van der Waals surface area contributed by atoms with Gasteiger partial charge in [-0.15, -0.1) is 0 Å². The fourth-order valence-electron chi connectivity index (χ4n) is 4.62. The zero-order valence-electron chi connectivity index (χ0n) is 16.2. The third-order valence-electron chi connectivity index (χ3n) is 5.96. The lowest BCUT2D eigenvalue weighted by Crippen LogP contribution is -2.45. The van der Waals surface area contributed by atoms with E-state index in [1.54, 1.807) is 17.0 Å². The van der Waals surface area contributed by atoms with Crippen molar-refractivity contribution in [3.8, 4) is 0 Å². The summed E-state index contributed by atoms with van der Waals surface area (Å²) in [6, 6.07) is 5.66. The molecule has 1 saturated carbocycles. The molecular weight excluding hydrogens is 355 g/mol. The Morgan fingerprint density at radius 1 is 1.07 bits per heavy atom. The van der Waals surface area contributed by atoms with Crippen LogP contribution >= 0.6 is 0 Å². The summed E-state index contributed by atoms with van der Waals surface area (Å²) in [7, 11) is 0. The molecule has 150 valence electrons. The van der Waals surface area contributed by atoms with Crippen LogP contribution in [-0.2, 0) is 10.9 Å². The molecule has 3 nitrogen and oxygen atoms in total. The number of nitrogens with zero attached hydrogens (tertiary/aromatic N) is 1. The van der Waals surface area contributed by atoms with E-state index in [-0.39, 0.29) is 17.4 Å². The summed E-state index contributed by atoms with van der Waals surface area (Å²) < 4.78 is 44.0. The number of hydrogen-bond acceptors (Lipinski definition) is 2. The third-order valence-corrected chi connectivity index (χ3v) is 5.96. The number of hydrogen-bond donors (Lipinski definition) is 0. The van der Waals surface area contributed by atoms with E-state index < -0.39 is 17.3 Å². The summed E-state index contributed by atoms with van der Waals surface area (Å²) >= 11 is 0. The number of rotatable bonds is 1. The topological polar surface area (TPSA) is 29.5 Å². The van der Waals surface area contributed by atoms with Gasteiger partial charge in [0.25, 0.3) is 0 Å². The van der Waals surface area contributed by atoms with Crippen molar-refractivity contribution in [2.24, 2.45) is 5.41 Å². The third kappa shape index (κ3) is 4.41. The predicted octanol–water partition coefficient (Wildman–Crippen LogP) is 5.99. The summed E-state index contributed by atoms with van der Waals surface area (Å²) in [5.41, 5.74) is -0.0371. The Balaban J connectivity index is 1.69. The minimum Gasteiger partial charge on any atom is -0.444 e. The second-order valence-electron chi connectivity index (χ2n) is 8.89. The van der Waals surface area contributed by atoms with E-state index in [0.29, 0.717) is 13.1 Å². The molecule has 1 aliphatic carbocycles. The van der Waals surface area contributed by atoms with Gasteiger partial charge in [-0.2, -0.15) is 13.2 Å². The average Bonchev–Trinajstić information content (AvgIpc) is 2.96. The number of piperidine rings is 1. The number of amides is 1. The molecule has 1 unspecified atom stereocenters. The Morgan fingerprint density at radius 3 is 2.19 bits per heavy atom. The van der Waals surface area contributed by atoms with Crippen LogP contribution in [0.1, 0.15) is 69.9 Å². The van der Waals surface area contributed by atoms with Gasteiger partial charge in [0.2, 0.25) is 0 Å². The first-order valence-electron chi connectivity index (χ1n) is 9.65. The summed E-state index contributed by atoms with van der Waals surface area (Å²) in [6.07, 6.45) is 0.318. The van der Waals surface area contributed by atoms with E-state index in [4.69, 9.17) is 4.74 Å². The fourth-order valence-corrected chi connectivity index (χ4v) is 4.62. The minimum atomic E-state index is -4.30. The van der Waals surface area contributed by atoms with Crippen LogP contribution in [0.5, 0.6) is 0 Å². The van der Waals surface area contributed by atoms with Crippen LogP contribution in [0.2, 0.25) is 0 Å². The van der Waals surface area contributed by atoms with Crippen molar-refractivity contribution in [2.45, 2.75) is 70.6 Å². The Labute approximate surface area is 158 Å². The van der Waals surface area contributed by atoms with Crippen molar-refractivity contribution < 1.29 is 22.7 Å². The van der Waals surface area contributed by atoms with Crippen molar-refractivity contribution >= 4 is 6.09 Å². The molecule has 2 fully saturated rings. The van der Waals surface area contributed by atoms with Gasteiger partial charge in [-0.25, -0.2) is 4.79 Å². The van der Waals surface area contributed by atoms with Crippen LogP contribution in [0, 0.1) is 5.41 Å². The molecule has 1 aromatic rings. The molecule has 6 heteroatoms. The fraction of sp³-hybridized carbons (Fsp3) is 0.667. The van der Waals surface area contributed by atoms with Gasteiger partial charge in [0.05, 0.1) is 5.56 Å². The molecule has 0 radical (unpaired) electrons. The van der Waals surface area contributed by atoms with Crippen LogP contribution in [0.4, 0.5) is 18.0 Å². The molecule has 27 heavy (non-hydrogen) atoms. The second-order valence-corrected chi connectivity index (χ2v) is 8.89. The lowest BCUT2D eigenvalue weighted by molar-refractivity contribution is -0.137. The van der Waals surface area contributed by atoms with Gasteiger partial charge in [0.15, 0.2) is 0 Å². The normalized spacial score (nSPS) is 22.9. The molecule has 1 atom stereocenters. The minimum absolute atomic E-state index is 0.0816. The van der Waals surface area contributed by atoms with Crippen LogP contribution in [0.3, 0.4) is 0 Å². The van der Waals surface area contributed by atoms with Crippen LogP contribution in [0.15, 0.2) is 24.3 Å². The van der Waals surface area contributed by atoms with Gasteiger partial charge in [-0.05, 0) is 75.5 Å². The van der Waals surface area contributed by atoms with Crippen molar-refractivity contribution in [3.63, 3.8) is 0 Å². The average molecular weight is 383 g/mol. The predicted molar refractivity (Wildman–Crippen MR) is 97.5 cm³/mol. The molecule has 1 amide bonds. The standard InChI is InChI=1S/C21H28F3NO2/c1-19(2,3)27-18(26)25-13-11-20(12-14-25)10-4-5-17(20)15-6-8-16(9-7-15)21(22,23)24/h6-9,17H,4-5,10-14H2,1-3H3. The van der Waals surface area contributed by atoms with Crippen molar-refractivity contribution in [3.05, 3.63) is 35.4 Å². The van der Waals surface area contributed by atoms with E-state index >= 15 is 0 Å². The largest absolute Gasteiger partial charge is 0.444 e. The molecule has 1 spiro atoms. The molecule has 1 aromatic carbocycles. The molecule has 1 saturated heterocycles. The van der Waals surface area contributed by atoms with Gasteiger partial charge in [0.1, 0.15) is 5.60 Å². The maximum absolute atomic E-state index is 12.8. The number of likely N-dealkylation sites (tertiary alicyclic amines) is 1. The van der Waals surface area contributed by atoms with E-state index in [0.717, 1.165) is 37.7 Å². The first-order valence-corrected chi connectivity index (χ1v) is 9.65. The van der Waals surface area contributed by atoms with E-state index in [1.807, 2.05) is 20.8 Å². The Bertz CT molecular complexity index is 668. The van der Waals surface area contributed by atoms with Crippen molar-refractivity contribution in [1.29, 1.82) is 0 Å². The number of carbonyl (C=O) groups excluding carboxylic acids is 1. The first-order chi connectivity index (χ1) is 12.5. The summed E-state index contributed by atoms with van der Waals surface area (Å²) in [5.74, 6) is 0.264. The van der Waals surface area contributed by atoms with Crippen molar-refractivity contribution in [1.82, 2.24) is 4.90 Å². The van der Waals surface area contributed by atoms with Gasteiger partial charge in [0, 0.05) is 13.1 Å². The van der Waals surface area contributed by atoms with Crippen LogP contribution in [0.25, 0.3) is 0 Å². The van der Waals surface area contributed by atoms with E-state index in [9.17, 15) is 18.0 Å². The van der Waals surface area contributed by atoms with Crippen LogP contribution in [-0.4, -0.2) is 29.7 Å². The number of alkyl halides is 3. The molecule has 2 aliphatic rings. The Kier molecular flexibility index (Phi) is 5.21. The monoisotopic (exact) mass is 383 g/mol. The highest BCUT2D eigenvalue weighted by atomic mass is 19.4. The molecule has 0 aromatic heterocycles. The number of halogens is 3. The zero-order chi connectivity index (χ0) is 19.9. The van der Waals surface area contributed by atoms with Gasteiger partial charge in [-0.1, -0.05) is 18.6 Å². The number of benzene rings is 1. The van der Waals surface area contributed by atoms with Crippen LogP contribution < -0.4 is 0 Å². The summed E-state index contributed by atoms with van der Waals surface area (Å²) in [6.45, 7) is 6.86. The first kappa shape index (κ1) is 20.0. The van der Waals surface area contributed by atoms with Crippen molar-refractivity contribution in [2.75, 3.05) is 13.1 Å². The molecule has 3 rings (SSSR count). The Hall–Kier alpha value is -1.72. The molecular formula is C21H28F3NO2. The maximum Gasteiger partial charge on any atom is 0.416 e. The lowest BCUT2D eigenvalue weighted by Gasteiger charge is -2.43.